The summed E-state index contributed by atoms with van der Waals surface area (Å²) in [5.41, 5.74) is 3.28. The quantitative estimate of drug-likeness (QED) is 0.691. The molecule has 0 saturated carbocycles. The molecule has 0 amide bonds. The molecule has 0 aliphatic heterocycles. The van der Waals surface area contributed by atoms with Crippen molar-refractivity contribution in [2.45, 2.75) is 6.92 Å². The zero-order valence-corrected chi connectivity index (χ0v) is 9.24. The number of rotatable bonds is 2. The third-order valence-corrected chi connectivity index (χ3v) is 2.39. The van der Waals surface area contributed by atoms with Gasteiger partial charge in [-0.3, -0.25) is 0 Å². The predicted octanol–water partition coefficient (Wildman–Crippen LogP) is 4.01. The molecule has 1 rings (SSSR count). The van der Waals surface area contributed by atoms with Gasteiger partial charge in [-0.05, 0) is 35.8 Å². The highest BCUT2D eigenvalue weighted by Crippen LogP contribution is 2.21. The molecule has 64 valence electrons. The van der Waals surface area contributed by atoms with Crippen molar-refractivity contribution in [2.24, 2.45) is 0 Å². The second kappa shape index (κ2) is 4.11. The first-order valence-electron chi connectivity index (χ1n) is 3.65. The molecule has 0 unspecified atom stereocenters. The van der Waals surface area contributed by atoms with Crippen molar-refractivity contribution in [1.29, 1.82) is 0 Å². The molecular formula is C10H10BrCl. The largest absolute Gasteiger partial charge is 0.122 e. The highest BCUT2D eigenvalue weighted by Gasteiger charge is 1.99. The van der Waals surface area contributed by atoms with E-state index in [4.69, 9.17) is 11.6 Å². The van der Waals surface area contributed by atoms with Gasteiger partial charge in [-0.2, -0.15) is 0 Å². The Kier molecular flexibility index (Phi) is 3.36. The lowest BCUT2D eigenvalue weighted by Gasteiger charge is -2.03. The lowest BCUT2D eigenvalue weighted by molar-refractivity contribution is 1.42. The molecule has 0 saturated heterocycles. The van der Waals surface area contributed by atoms with E-state index in [-0.39, 0.29) is 0 Å². The zero-order valence-electron chi connectivity index (χ0n) is 6.90. The van der Waals surface area contributed by atoms with Crippen molar-refractivity contribution in [2.75, 3.05) is 5.88 Å². The van der Waals surface area contributed by atoms with Crippen LogP contribution >= 0.6 is 27.5 Å². The Balaban J connectivity index is 3.08. The second-order valence-electron chi connectivity index (χ2n) is 2.75. The minimum atomic E-state index is 0.482. The van der Waals surface area contributed by atoms with Crippen LogP contribution in [-0.2, 0) is 0 Å². The summed E-state index contributed by atoms with van der Waals surface area (Å²) in [5, 5.41) is 0. The van der Waals surface area contributed by atoms with Gasteiger partial charge in [-0.25, -0.2) is 0 Å². The average Bonchev–Trinajstić information content (AvgIpc) is 2.01. The van der Waals surface area contributed by atoms with E-state index in [1.165, 1.54) is 5.56 Å². The van der Waals surface area contributed by atoms with Crippen LogP contribution in [0.1, 0.15) is 11.1 Å². The maximum absolute atomic E-state index is 5.68. The van der Waals surface area contributed by atoms with Gasteiger partial charge in [0.25, 0.3) is 0 Å². The number of halogens is 2. The smallest absolute Gasteiger partial charge is 0.0474 e. The van der Waals surface area contributed by atoms with Gasteiger partial charge in [0.05, 0.1) is 0 Å². The highest BCUT2D eigenvalue weighted by atomic mass is 79.9. The van der Waals surface area contributed by atoms with Crippen LogP contribution in [0.3, 0.4) is 0 Å². The van der Waals surface area contributed by atoms with Crippen molar-refractivity contribution in [1.82, 2.24) is 0 Å². The third-order valence-electron chi connectivity index (χ3n) is 1.61. The molecule has 0 nitrogen and oxygen atoms in total. The van der Waals surface area contributed by atoms with Gasteiger partial charge >= 0.3 is 0 Å². The fourth-order valence-corrected chi connectivity index (χ4v) is 1.78. The minimum Gasteiger partial charge on any atom is -0.122 e. The number of hydrogen-bond acceptors (Lipinski definition) is 0. The van der Waals surface area contributed by atoms with Gasteiger partial charge in [-0.15, -0.1) is 11.6 Å². The molecule has 0 fully saturated rings. The minimum absolute atomic E-state index is 0.482. The predicted molar refractivity (Wildman–Crippen MR) is 58.6 cm³/mol. The van der Waals surface area contributed by atoms with Crippen LogP contribution in [0, 0.1) is 6.92 Å². The molecule has 12 heavy (non-hydrogen) atoms. The highest BCUT2D eigenvalue weighted by molar-refractivity contribution is 9.10. The van der Waals surface area contributed by atoms with Crippen LogP contribution in [0.5, 0.6) is 0 Å². The van der Waals surface area contributed by atoms with Gasteiger partial charge in [0.15, 0.2) is 0 Å². The van der Waals surface area contributed by atoms with Crippen molar-refractivity contribution in [3.05, 3.63) is 40.4 Å². The van der Waals surface area contributed by atoms with E-state index in [1.54, 1.807) is 0 Å². The van der Waals surface area contributed by atoms with Crippen molar-refractivity contribution >= 4 is 33.1 Å². The van der Waals surface area contributed by atoms with E-state index >= 15 is 0 Å². The standard InChI is InChI=1S/C10H10BrCl/c1-7-3-9(8(2)6-12)5-10(11)4-7/h3-5H,2,6H2,1H3. The molecule has 0 radical (unpaired) electrons. The number of benzene rings is 1. The van der Waals surface area contributed by atoms with Gasteiger partial charge < -0.3 is 0 Å². The summed E-state index contributed by atoms with van der Waals surface area (Å²) in [7, 11) is 0. The molecule has 0 heterocycles. The van der Waals surface area contributed by atoms with Gasteiger partial charge in [0.1, 0.15) is 0 Å². The molecule has 2 heteroatoms. The SMILES string of the molecule is C=C(CCl)c1cc(C)cc(Br)c1. The molecular weight excluding hydrogens is 235 g/mol. The maximum atomic E-state index is 5.68. The first-order chi connectivity index (χ1) is 5.63. The molecule has 1 aromatic rings. The maximum Gasteiger partial charge on any atom is 0.0474 e. The number of alkyl halides is 1. The fraction of sp³-hybridized carbons (Fsp3) is 0.200. The average molecular weight is 246 g/mol. The van der Waals surface area contributed by atoms with Crippen LogP contribution in [0.25, 0.3) is 5.57 Å². The number of allylic oxidation sites excluding steroid dienone is 1. The molecule has 0 aliphatic rings. The summed E-state index contributed by atoms with van der Waals surface area (Å²) in [6, 6.07) is 6.16. The number of aryl methyl sites for hydroxylation is 1. The van der Waals surface area contributed by atoms with Crippen molar-refractivity contribution in [3.8, 4) is 0 Å². The monoisotopic (exact) mass is 244 g/mol. The second-order valence-corrected chi connectivity index (χ2v) is 3.94. The van der Waals surface area contributed by atoms with E-state index in [0.29, 0.717) is 5.88 Å². The third kappa shape index (κ3) is 2.36. The Labute approximate surface area is 86.4 Å². The molecule has 0 atom stereocenters. The van der Waals surface area contributed by atoms with Gasteiger partial charge in [0, 0.05) is 10.4 Å². The topological polar surface area (TPSA) is 0 Å². The van der Waals surface area contributed by atoms with Crippen molar-refractivity contribution < 1.29 is 0 Å². The number of hydrogen-bond donors (Lipinski definition) is 0. The molecule has 0 N–H and O–H groups in total. The zero-order chi connectivity index (χ0) is 9.14. The molecule has 0 bridgehead atoms. The van der Waals surface area contributed by atoms with Crippen LogP contribution < -0.4 is 0 Å². The molecule has 0 spiro atoms. The first kappa shape index (κ1) is 9.82. The lowest BCUT2D eigenvalue weighted by atomic mass is 10.1. The van der Waals surface area contributed by atoms with E-state index < -0.39 is 0 Å². The fourth-order valence-electron chi connectivity index (χ4n) is 1.02. The molecule has 1 aromatic carbocycles. The molecule has 0 aliphatic carbocycles. The Morgan fingerprint density at radius 2 is 2.17 bits per heavy atom. The Hall–Kier alpha value is -0.270. The Morgan fingerprint density at radius 3 is 2.67 bits per heavy atom. The summed E-state index contributed by atoms with van der Waals surface area (Å²) < 4.78 is 1.07. The van der Waals surface area contributed by atoms with Crippen molar-refractivity contribution in [3.63, 3.8) is 0 Å². The summed E-state index contributed by atoms with van der Waals surface area (Å²) >= 11 is 9.10. The van der Waals surface area contributed by atoms with Crippen LogP contribution in [0.15, 0.2) is 29.3 Å². The summed E-state index contributed by atoms with van der Waals surface area (Å²) in [6.45, 7) is 5.92. The van der Waals surface area contributed by atoms with E-state index in [0.717, 1.165) is 15.6 Å². The summed E-state index contributed by atoms with van der Waals surface area (Å²) in [6.07, 6.45) is 0. The lowest BCUT2D eigenvalue weighted by Crippen LogP contribution is -1.85. The van der Waals surface area contributed by atoms with Gasteiger partial charge in [0.2, 0.25) is 0 Å². The van der Waals surface area contributed by atoms with E-state index in [9.17, 15) is 0 Å². The van der Waals surface area contributed by atoms with E-state index in [2.05, 4.69) is 41.6 Å². The summed E-state index contributed by atoms with van der Waals surface area (Å²) in [4.78, 5) is 0. The van der Waals surface area contributed by atoms with E-state index in [1.807, 2.05) is 6.07 Å². The normalized spacial score (nSPS) is 9.92. The summed E-state index contributed by atoms with van der Waals surface area (Å²) in [5.74, 6) is 0.482. The van der Waals surface area contributed by atoms with Gasteiger partial charge in [-0.1, -0.05) is 28.6 Å². The molecule has 0 aromatic heterocycles. The van der Waals surface area contributed by atoms with Crippen LogP contribution in [0.4, 0.5) is 0 Å². The first-order valence-corrected chi connectivity index (χ1v) is 4.97. The Bertz CT molecular complexity index is 284. The van der Waals surface area contributed by atoms with Crippen LogP contribution in [0.2, 0.25) is 0 Å². The van der Waals surface area contributed by atoms with Crippen LogP contribution in [-0.4, -0.2) is 5.88 Å². The Morgan fingerprint density at radius 1 is 1.50 bits per heavy atom.